The van der Waals surface area contributed by atoms with E-state index in [-0.39, 0.29) is 11.9 Å². The number of likely N-dealkylation sites (tertiary alicyclic amines) is 1. The van der Waals surface area contributed by atoms with Gasteiger partial charge in [0.1, 0.15) is 5.82 Å². The number of halogens is 2. The highest BCUT2D eigenvalue weighted by atomic mass is 79.9. The van der Waals surface area contributed by atoms with Crippen LogP contribution >= 0.6 is 15.9 Å². The first-order chi connectivity index (χ1) is 7.63. The van der Waals surface area contributed by atoms with Crippen molar-refractivity contribution in [2.45, 2.75) is 25.5 Å². The van der Waals surface area contributed by atoms with E-state index in [4.69, 9.17) is 0 Å². The van der Waals surface area contributed by atoms with Gasteiger partial charge in [0.2, 0.25) is 0 Å². The van der Waals surface area contributed by atoms with E-state index in [1.165, 1.54) is 6.07 Å². The van der Waals surface area contributed by atoms with Gasteiger partial charge in [0.05, 0.1) is 6.10 Å². The Hall–Kier alpha value is -0.450. The second-order valence-electron chi connectivity index (χ2n) is 4.31. The average Bonchev–Trinajstić information content (AvgIpc) is 2.15. The summed E-state index contributed by atoms with van der Waals surface area (Å²) in [4.78, 5) is 2.16. The van der Waals surface area contributed by atoms with Crippen LogP contribution < -0.4 is 0 Å². The molecule has 0 amide bonds. The summed E-state index contributed by atoms with van der Waals surface area (Å²) in [5.41, 5.74) is 0.945. The first kappa shape index (κ1) is 12.0. The Balaban J connectivity index is 2.02. The first-order valence-corrected chi connectivity index (χ1v) is 6.28. The molecule has 2 nitrogen and oxygen atoms in total. The molecule has 1 aliphatic heterocycles. The molecule has 1 aliphatic rings. The van der Waals surface area contributed by atoms with Crippen molar-refractivity contribution in [2.24, 2.45) is 0 Å². The molecule has 1 aromatic carbocycles. The van der Waals surface area contributed by atoms with Crippen molar-refractivity contribution in [3.63, 3.8) is 0 Å². The van der Waals surface area contributed by atoms with E-state index < -0.39 is 0 Å². The van der Waals surface area contributed by atoms with E-state index >= 15 is 0 Å². The van der Waals surface area contributed by atoms with E-state index in [0.29, 0.717) is 13.1 Å². The lowest BCUT2D eigenvalue weighted by Crippen LogP contribution is -2.37. The van der Waals surface area contributed by atoms with Crippen molar-refractivity contribution >= 4 is 15.9 Å². The highest BCUT2D eigenvalue weighted by Crippen LogP contribution is 2.18. The zero-order chi connectivity index (χ0) is 11.5. The highest BCUT2D eigenvalue weighted by Gasteiger charge is 2.17. The molecule has 1 heterocycles. The number of aliphatic hydroxyl groups excluding tert-OH is 1. The minimum atomic E-state index is -0.231. The zero-order valence-corrected chi connectivity index (χ0v) is 10.6. The molecule has 0 aromatic heterocycles. The maximum atomic E-state index is 13.2. The van der Waals surface area contributed by atoms with Crippen LogP contribution in [0.15, 0.2) is 22.7 Å². The quantitative estimate of drug-likeness (QED) is 0.904. The maximum Gasteiger partial charge on any atom is 0.124 e. The van der Waals surface area contributed by atoms with E-state index in [2.05, 4.69) is 20.8 Å². The summed E-state index contributed by atoms with van der Waals surface area (Å²) in [5, 5.41) is 9.54. The van der Waals surface area contributed by atoms with E-state index in [9.17, 15) is 9.50 Å². The summed E-state index contributed by atoms with van der Waals surface area (Å²) in [6.45, 7) is 2.37. The molecule has 0 aliphatic carbocycles. The van der Waals surface area contributed by atoms with Crippen molar-refractivity contribution in [2.75, 3.05) is 13.1 Å². The normalized spacial score (nSPS) is 22.3. The highest BCUT2D eigenvalue weighted by molar-refractivity contribution is 9.10. The van der Waals surface area contributed by atoms with Gasteiger partial charge in [-0.2, -0.15) is 0 Å². The summed E-state index contributed by atoms with van der Waals surface area (Å²) in [6.07, 6.45) is 1.66. The lowest BCUT2D eigenvalue weighted by Gasteiger charge is -2.29. The zero-order valence-electron chi connectivity index (χ0n) is 9.00. The van der Waals surface area contributed by atoms with E-state index in [1.54, 1.807) is 6.07 Å². The van der Waals surface area contributed by atoms with Crippen molar-refractivity contribution in [1.82, 2.24) is 4.90 Å². The molecule has 1 fully saturated rings. The first-order valence-electron chi connectivity index (χ1n) is 5.49. The fraction of sp³-hybridized carbons (Fsp3) is 0.500. The molecule has 0 bridgehead atoms. The number of rotatable bonds is 2. The molecule has 16 heavy (non-hydrogen) atoms. The van der Waals surface area contributed by atoms with Crippen LogP contribution in [-0.2, 0) is 6.54 Å². The van der Waals surface area contributed by atoms with Gasteiger partial charge < -0.3 is 5.11 Å². The van der Waals surface area contributed by atoms with Gasteiger partial charge in [0.25, 0.3) is 0 Å². The number of piperidine rings is 1. The second kappa shape index (κ2) is 5.25. The molecule has 0 radical (unpaired) electrons. The molecule has 1 aromatic rings. The third-order valence-electron chi connectivity index (χ3n) is 2.81. The standard InChI is InChI=1S/C12H15BrFNO/c13-10-4-9(5-11(14)6-10)7-15-3-1-2-12(16)8-15/h4-6,12,16H,1-3,7-8H2/t12-/m0/s1. The van der Waals surface area contributed by atoms with Gasteiger partial charge in [0.15, 0.2) is 0 Å². The number of β-amino-alcohol motifs (C(OH)–C–C–N with tert-alkyl or cyclic N) is 1. The van der Waals surface area contributed by atoms with E-state index in [1.807, 2.05) is 6.07 Å². The SMILES string of the molecule is O[C@H]1CCCN(Cc2cc(F)cc(Br)c2)C1. The van der Waals surface area contributed by atoms with Crippen LogP contribution in [-0.4, -0.2) is 29.2 Å². The molecule has 1 saturated heterocycles. The number of hydrogen-bond donors (Lipinski definition) is 1. The summed E-state index contributed by atoms with van der Waals surface area (Å²) < 4.78 is 13.9. The Bertz CT molecular complexity index is 352. The Morgan fingerprint density at radius 2 is 2.25 bits per heavy atom. The molecule has 0 unspecified atom stereocenters. The molecular weight excluding hydrogens is 273 g/mol. The summed E-state index contributed by atoms with van der Waals surface area (Å²) in [7, 11) is 0. The Kier molecular flexibility index (Phi) is 3.95. The average molecular weight is 288 g/mol. The van der Waals surface area contributed by atoms with Crippen LogP contribution in [0.5, 0.6) is 0 Å². The predicted octanol–water partition coefficient (Wildman–Crippen LogP) is 2.54. The van der Waals surface area contributed by atoms with Crippen molar-refractivity contribution in [3.8, 4) is 0 Å². The number of aliphatic hydroxyl groups is 1. The monoisotopic (exact) mass is 287 g/mol. The molecule has 1 atom stereocenters. The van der Waals surface area contributed by atoms with Gasteiger partial charge in [-0.1, -0.05) is 15.9 Å². The van der Waals surface area contributed by atoms with Gasteiger partial charge in [-0.15, -0.1) is 0 Å². The van der Waals surface area contributed by atoms with Crippen molar-refractivity contribution in [1.29, 1.82) is 0 Å². The Morgan fingerprint density at radius 3 is 2.94 bits per heavy atom. The molecule has 88 valence electrons. The summed E-state index contributed by atoms with van der Waals surface area (Å²) in [5.74, 6) is -0.220. The predicted molar refractivity (Wildman–Crippen MR) is 64.6 cm³/mol. The molecule has 0 saturated carbocycles. The molecule has 2 rings (SSSR count). The maximum absolute atomic E-state index is 13.2. The minimum absolute atomic E-state index is 0.220. The summed E-state index contributed by atoms with van der Waals surface area (Å²) in [6, 6.07) is 4.92. The van der Waals surface area contributed by atoms with Crippen LogP contribution in [0.1, 0.15) is 18.4 Å². The van der Waals surface area contributed by atoms with Gasteiger partial charge in [0, 0.05) is 17.6 Å². The van der Waals surface area contributed by atoms with Crippen molar-refractivity contribution < 1.29 is 9.50 Å². The number of benzene rings is 1. The van der Waals surface area contributed by atoms with Gasteiger partial charge in [-0.05, 0) is 43.1 Å². The molecule has 0 spiro atoms. The second-order valence-corrected chi connectivity index (χ2v) is 5.22. The number of nitrogens with zero attached hydrogens (tertiary/aromatic N) is 1. The molecule has 1 N–H and O–H groups in total. The van der Waals surface area contributed by atoms with Crippen LogP contribution in [0.3, 0.4) is 0 Å². The van der Waals surface area contributed by atoms with Crippen LogP contribution in [0.4, 0.5) is 4.39 Å². The van der Waals surface area contributed by atoms with Crippen molar-refractivity contribution in [3.05, 3.63) is 34.1 Å². The van der Waals surface area contributed by atoms with Gasteiger partial charge in [-0.3, -0.25) is 4.90 Å². The number of hydrogen-bond acceptors (Lipinski definition) is 2. The fourth-order valence-electron chi connectivity index (χ4n) is 2.14. The smallest absolute Gasteiger partial charge is 0.124 e. The van der Waals surface area contributed by atoms with E-state index in [0.717, 1.165) is 29.4 Å². The Morgan fingerprint density at radius 1 is 1.44 bits per heavy atom. The lowest BCUT2D eigenvalue weighted by atomic mass is 10.1. The van der Waals surface area contributed by atoms with Crippen LogP contribution in [0.25, 0.3) is 0 Å². The topological polar surface area (TPSA) is 23.5 Å². The van der Waals surface area contributed by atoms with Gasteiger partial charge >= 0.3 is 0 Å². The summed E-state index contributed by atoms with van der Waals surface area (Å²) >= 11 is 3.28. The third-order valence-corrected chi connectivity index (χ3v) is 3.27. The molecular formula is C12H15BrFNO. The Labute approximate surface area is 103 Å². The minimum Gasteiger partial charge on any atom is -0.392 e. The van der Waals surface area contributed by atoms with Crippen LogP contribution in [0, 0.1) is 5.82 Å². The van der Waals surface area contributed by atoms with Gasteiger partial charge in [-0.25, -0.2) is 4.39 Å². The fourth-order valence-corrected chi connectivity index (χ4v) is 2.65. The third kappa shape index (κ3) is 3.27. The van der Waals surface area contributed by atoms with Crippen LogP contribution in [0.2, 0.25) is 0 Å². The lowest BCUT2D eigenvalue weighted by molar-refractivity contribution is 0.0668. The molecule has 4 heteroatoms. The largest absolute Gasteiger partial charge is 0.392 e.